The van der Waals surface area contributed by atoms with Gasteiger partial charge in [0.15, 0.2) is 5.78 Å². The molecule has 156 valence electrons. The largest absolute Gasteiger partial charge is 0.330 e. The predicted molar refractivity (Wildman–Crippen MR) is 121 cm³/mol. The number of benzene rings is 2. The molecule has 2 aliphatic rings. The van der Waals surface area contributed by atoms with Gasteiger partial charge in [-0.1, -0.05) is 23.7 Å². The Morgan fingerprint density at radius 3 is 2.63 bits per heavy atom. The van der Waals surface area contributed by atoms with Gasteiger partial charge in [-0.25, -0.2) is 4.98 Å². The molecular formula is C25H28ClN3O. The average Bonchev–Trinajstić information content (AvgIpc) is 3.53. The number of halogens is 1. The van der Waals surface area contributed by atoms with Crippen molar-refractivity contribution in [3.05, 3.63) is 64.9 Å². The second kappa shape index (κ2) is 7.82. The SMILES string of the molecule is NCC1(c2cccc(Cl)c2)CCC(CC(=O)c2ccc3c(c2)ncn3C2CC2)CC1. The normalized spacial score (nSPS) is 24.3. The van der Waals surface area contributed by atoms with Crippen LogP contribution in [0.25, 0.3) is 11.0 Å². The van der Waals surface area contributed by atoms with E-state index in [2.05, 4.69) is 27.8 Å². The molecule has 0 saturated heterocycles. The summed E-state index contributed by atoms with van der Waals surface area (Å²) < 4.78 is 2.24. The van der Waals surface area contributed by atoms with Crippen molar-refractivity contribution in [2.24, 2.45) is 11.7 Å². The number of imidazole rings is 1. The van der Waals surface area contributed by atoms with E-state index < -0.39 is 0 Å². The van der Waals surface area contributed by atoms with E-state index in [4.69, 9.17) is 17.3 Å². The molecule has 2 aromatic carbocycles. The zero-order valence-electron chi connectivity index (χ0n) is 17.2. The van der Waals surface area contributed by atoms with Gasteiger partial charge in [0.05, 0.1) is 17.4 Å². The smallest absolute Gasteiger partial charge is 0.163 e. The molecule has 2 N–H and O–H groups in total. The molecule has 0 spiro atoms. The van der Waals surface area contributed by atoms with Crippen molar-refractivity contribution in [2.45, 2.75) is 56.4 Å². The van der Waals surface area contributed by atoms with E-state index in [1.54, 1.807) is 0 Å². The Hall–Kier alpha value is -2.17. The van der Waals surface area contributed by atoms with Crippen LogP contribution in [0.1, 0.15) is 66.9 Å². The van der Waals surface area contributed by atoms with Crippen molar-refractivity contribution in [1.82, 2.24) is 9.55 Å². The summed E-state index contributed by atoms with van der Waals surface area (Å²) in [6.07, 6.45) is 9.03. The summed E-state index contributed by atoms with van der Waals surface area (Å²) in [6, 6.07) is 14.7. The molecule has 0 bridgehead atoms. The van der Waals surface area contributed by atoms with Gasteiger partial charge in [-0.05, 0) is 80.3 Å². The molecule has 0 unspecified atom stereocenters. The maximum Gasteiger partial charge on any atom is 0.163 e. The number of Topliss-reactive ketones (excluding diaryl/α,β-unsaturated/α-hetero) is 1. The van der Waals surface area contributed by atoms with Crippen LogP contribution in [0.3, 0.4) is 0 Å². The van der Waals surface area contributed by atoms with Gasteiger partial charge >= 0.3 is 0 Å². The van der Waals surface area contributed by atoms with E-state index in [0.29, 0.717) is 24.9 Å². The number of fused-ring (bicyclic) bond motifs is 1. The van der Waals surface area contributed by atoms with Crippen LogP contribution in [0.15, 0.2) is 48.8 Å². The van der Waals surface area contributed by atoms with E-state index in [1.807, 2.05) is 30.6 Å². The average molecular weight is 422 g/mol. The van der Waals surface area contributed by atoms with Crippen molar-refractivity contribution in [2.75, 3.05) is 6.54 Å². The summed E-state index contributed by atoms with van der Waals surface area (Å²) in [6.45, 7) is 0.619. The van der Waals surface area contributed by atoms with Gasteiger partial charge in [-0.2, -0.15) is 0 Å². The number of rotatable bonds is 6. The number of carbonyl (C=O) groups is 1. The molecule has 0 radical (unpaired) electrons. The van der Waals surface area contributed by atoms with E-state index >= 15 is 0 Å². The van der Waals surface area contributed by atoms with Crippen LogP contribution in [0, 0.1) is 5.92 Å². The maximum absolute atomic E-state index is 13.0. The lowest BCUT2D eigenvalue weighted by Crippen LogP contribution is -2.39. The number of hydrogen-bond donors (Lipinski definition) is 1. The second-order valence-corrected chi connectivity index (χ2v) is 9.59. The first-order valence-corrected chi connectivity index (χ1v) is 11.4. The molecule has 5 heteroatoms. The zero-order valence-corrected chi connectivity index (χ0v) is 17.9. The number of nitrogens with two attached hydrogens (primary N) is 1. The van der Waals surface area contributed by atoms with Gasteiger partial charge in [0.2, 0.25) is 0 Å². The minimum Gasteiger partial charge on any atom is -0.330 e. The van der Waals surface area contributed by atoms with E-state index in [-0.39, 0.29) is 11.2 Å². The summed E-state index contributed by atoms with van der Waals surface area (Å²) >= 11 is 6.22. The first-order valence-electron chi connectivity index (χ1n) is 11.0. The zero-order chi connectivity index (χ0) is 20.7. The quantitative estimate of drug-likeness (QED) is 0.520. The summed E-state index contributed by atoms with van der Waals surface area (Å²) in [5.74, 6) is 0.641. The van der Waals surface area contributed by atoms with Crippen LogP contribution in [0.4, 0.5) is 0 Å². The molecule has 2 saturated carbocycles. The summed E-state index contributed by atoms with van der Waals surface area (Å²) in [4.78, 5) is 17.5. The number of aromatic nitrogens is 2. The maximum atomic E-state index is 13.0. The first kappa shape index (κ1) is 19.8. The molecule has 30 heavy (non-hydrogen) atoms. The van der Waals surface area contributed by atoms with Gasteiger partial charge in [-0.15, -0.1) is 0 Å². The topological polar surface area (TPSA) is 60.9 Å². The number of hydrogen-bond acceptors (Lipinski definition) is 3. The minimum absolute atomic E-state index is 0.0149. The fourth-order valence-corrected chi connectivity index (χ4v) is 5.28. The van der Waals surface area contributed by atoms with Gasteiger partial charge in [0, 0.05) is 35.0 Å². The second-order valence-electron chi connectivity index (χ2n) is 9.15. The Labute approximate surface area is 182 Å². The Bertz CT molecular complexity index is 1080. The minimum atomic E-state index is -0.0149. The van der Waals surface area contributed by atoms with Gasteiger partial charge in [0.1, 0.15) is 0 Å². The Morgan fingerprint density at radius 2 is 1.93 bits per heavy atom. The van der Waals surface area contributed by atoms with Crippen LogP contribution in [0.2, 0.25) is 5.02 Å². The van der Waals surface area contributed by atoms with Crippen molar-refractivity contribution < 1.29 is 4.79 Å². The van der Waals surface area contributed by atoms with Crippen LogP contribution in [-0.2, 0) is 5.41 Å². The molecule has 4 nitrogen and oxygen atoms in total. The van der Waals surface area contributed by atoms with Gasteiger partial charge in [0.25, 0.3) is 0 Å². The van der Waals surface area contributed by atoms with Crippen LogP contribution >= 0.6 is 11.6 Å². The standard InChI is InChI=1S/C25H28ClN3O/c26-20-3-1-2-19(14-20)25(15-27)10-8-17(9-11-25)12-24(30)18-4-7-23-22(13-18)28-16-29(23)21-5-6-21/h1-4,7,13-14,16-17,21H,5-6,8-12,15,27H2. The van der Waals surface area contributed by atoms with Crippen molar-refractivity contribution in [3.8, 4) is 0 Å². The molecule has 5 rings (SSSR count). The molecule has 0 amide bonds. The Kier molecular flexibility index (Phi) is 5.16. The van der Waals surface area contributed by atoms with Gasteiger partial charge < -0.3 is 10.3 Å². The lowest BCUT2D eigenvalue weighted by atomic mass is 9.66. The lowest BCUT2D eigenvalue weighted by Gasteiger charge is -2.40. The highest BCUT2D eigenvalue weighted by Gasteiger charge is 2.36. The molecule has 0 aliphatic heterocycles. The number of ketones is 1. The molecular weight excluding hydrogens is 394 g/mol. The van der Waals surface area contributed by atoms with Crippen molar-refractivity contribution in [3.63, 3.8) is 0 Å². The van der Waals surface area contributed by atoms with E-state index in [0.717, 1.165) is 47.3 Å². The van der Waals surface area contributed by atoms with Crippen molar-refractivity contribution >= 4 is 28.4 Å². The molecule has 2 fully saturated rings. The third kappa shape index (κ3) is 3.67. The Morgan fingerprint density at radius 1 is 1.13 bits per heavy atom. The van der Waals surface area contributed by atoms with Gasteiger partial charge in [-0.3, -0.25) is 4.79 Å². The van der Waals surface area contributed by atoms with Crippen LogP contribution in [-0.4, -0.2) is 21.9 Å². The summed E-state index contributed by atoms with van der Waals surface area (Å²) in [5.41, 5.74) is 10.3. The molecule has 1 heterocycles. The fraction of sp³-hybridized carbons (Fsp3) is 0.440. The molecule has 3 aromatic rings. The first-order chi connectivity index (χ1) is 14.6. The highest BCUT2D eigenvalue weighted by molar-refractivity contribution is 6.30. The third-order valence-corrected chi connectivity index (χ3v) is 7.44. The number of carbonyl (C=O) groups excluding carboxylic acids is 1. The lowest BCUT2D eigenvalue weighted by molar-refractivity contribution is 0.0938. The molecule has 1 aromatic heterocycles. The predicted octanol–water partition coefficient (Wildman–Crippen LogP) is 5.68. The molecule has 2 aliphatic carbocycles. The van der Waals surface area contributed by atoms with E-state index in [1.165, 1.54) is 18.4 Å². The third-order valence-electron chi connectivity index (χ3n) is 7.20. The van der Waals surface area contributed by atoms with E-state index in [9.17, 15) is 4.79 Å². The van der Waals surface area contributed by atoms with Crippen molar-refractivity contribution in [1.29, 1.82) is 0 Å². The summed E-state index contributed by atoms with van der Waals surface area (Å²) in [5, 5.41) is 0.761. The molecule has 0 atom stereocenters. The summed E-state index contributed by atoms with van der Waals surface area (Å²) in [7, 11) is 0. The highest BCUT2D eigenvalue weighted by atomic mass is 35.5. The van der Waals surface area contributed by atoms with Crippen LogP contribution in [0.5, 0.6) is 0 Å². The monoisotopic (exact) mass is 421 g/mol. The fourth-order valence-electron chi connectivity index (χ4n) is 5.09. The highest BCUT2D eigenvalue weighted by Crippen LogP contribution is 2.43. The Balaban J connectivity index is 1.26. The van der Waals surface area contributed by atoms with Crippen LogP contribution < -0.4 is 5.73 Å². The number of nitrogens with zero attached hydrogens (tertiary/aromatic N) is 2.